The van der Waals surface area contributed by atoms with Crippen LogP contribution in [-0.4, -0.2) is 55.6 Å². The number of hydrogen-bond acceptors (Lipinski definition) is 6. The number of nitriles is 1. The van der Waals surface area contributed by atoms with Gasteiger partial charge in [-0.25, -0.2) is 13.4 Å². The van der Waals surface area contributed by atoms with Crippen molar-refractivity contribution < 1.29 is 13.2 Å². The number of amides is 1. The minimum Gasteiger partial charge on any atom is -0.352 e. The molecule has 2 aromatic rings. The summed E-state index contributed by atoms with van der Waals surface area (Å²) in [5, 5.41) is 8.72. The fraction of sp³-hybridized carbons (Fsp3) is 0.350. The van der Waals surface area contributed by atoms with E-state index in [1.165, 1.54) is 12.1 Å². The first-order valence-electron chi connectivity index (χ1n) is 9.08. The molecule has 0 N–H and O–H groups in total. The van der Waals surface area contributed by atoms with E-state index >= 15 is 0 Å². The normalized spacial score (nSPS) is 14.8. The number of piperazine rings is 1. The number of benzene rings is 1. The lowest BCUT2D eigenvalue weighted by Gasteiger charge is -2.35. The standard InChI is InChI=1S/C20H22N4O3S/c1-15(2)28(26,27)18-7-5-16(6-8-18)20(25)24-12-10-23(11-13-24)19-17(14-21)4-3-9-22-19/h3-9,15H,10-13H2,1-2H3. The van der Waals surface area contributed by atoms with Crippen molar-refractivity contribution in [3.63, 3.8) is 0 Å². The van der Waals surface area contributed by atoms with E-state index in [2.05, 4.69) is 11.1 Å². The van der Waals surface area contributed by atoms with Crippen molar-refractivity contribution in [3.05, 3.63) is 53.7 Å². The van der Waals surface area contributed by atoms with Gasteiger partial charge in [0.2, 0.25) is 0 Å². The minimum absolute atomic E-state index is 0.130. The SMILES string of the molecule is CC(C)S(=O)(=O)c1ccc(C(=O)N2CCN(c3ncccc3C#N)CC2)cc1. The summed E-state index contributed by atoms with van der Waals surface area (Å²) < 4.78 is 24.4. The Balaban J connectivity index is 1.68. The van der Waals surface area contributed by atoms with Crippen LogP contribution in [0.15, 0.2) is 47.5 Å². The van der Waals surface area contributed by atoms with Gasteiger partial charge < -0.3 is 9.80 Å². The van der Waals surface area contributed by atoms with Crippen LogP contribution in [0.2, 0.25) is 0 Å². The van der Waals surface area contributed by atoms with Crippen molar-refractivity contribution in [2.24, 2.45) is 0 Å². The van der Waals surface area contributed by atoms with Crippen LogP contribution < -0.4 is 4.90 Å². The Morgan fingerprint density at radius 1 is 1.11 bits per heavy atom. The monoisotopic (exact) mass is 398 g/mol. The third kappa shape index (κ3) is 3.85. The van der Waals surface area contributed by atoms with Crippen LogP contribution in [0.25, 0.3) is 0 Å². The molecule has 0 saturated carbocycles. The van der Waals surface area contributed by atoms with Crippen molar-refractivity contribution in [3.8, 4) is 6.07 Å². The summed E-state index contributed by atoms with van der Waals surface area (Å²) in [6.07, 6.45) is 1.65. The Labute approximate surface area is 165 Å². The van der Waals surface area contributed by atoms with Crippen molar-refractivity contribution in [1.82, 2.24) is 9.88 Å². The first-order valence-corrected chi connectivity index (χ1v) is 10.6. The second-order valence-electron chi connectivity index (χ2n) is 6.88. The molecule has 1 saturated heterocycles. The molecule has 0 atom stereocenters. The molecule has 1 aliphatic rings. The van der Waals surface area contributed by atoms with Crippen LogP contribution in [0.3, 0.4) is 0 Å². The van der Waals surface area contributed by atoms with Gasteiger partial charge in [-0.05, 0) is 50.2 Å². The lowest BCUT2D eigenvalue weighted by atomic mass is 10.1. The highest BCUT2D eigenvalue weighted by molar-refractivity contribution is 7.92. The second-order valence-corrected chi connectivity index (χ2v) is 9.39. The summed E-state index contributed by atoms with van der Waals surface area (Å²) >= 11 is 0. The molecule has 0 radical (unpaired) electrons. The van der Waals surface area contributed by atoms with E-state index in [4.69, 9.17) is 0 Å². The molecular formula is C20H22N4O3S. The van der Waals surface area contributed by atoms with Crippen molar-refractivity contribution in [1.29, 1.82) is 5.26 Å². The van der Waals surface area contributed by atoms with Gasteiger partial charge in [0.25, 0.3) is 5.91 Å². The number of aromatic nitrogens is 1. The summed E-state index contributed by atoms with van der Waals surface area (Å²) in [6, 6.07) is 11.7. The van der Waals surface area contributed by atoms with Crippen LogP contribution in [-0.2, 0) is 9.84 Å². The molecule has 8 heteroatoms. The number of carbonyl (C=O) groups excluding carboxylic acids is 1. The van der Waals surface area contributed by atoms with E-state index in [1.807, 2.05) is 4.90 Å². The predicted molar refractivity (Wildman–Crippen MR) is 106 cm³/mol. The molecule has 1 aromatic carbocycles. The van der Waals surface area contributed by atoms with Gasteiger partial charge in [-0.2, -0.15) is 5.26 Å². The topological polar surface area (TPSA) is 94.4 Å². The molecular weight excluding hydrogens is 376 g/mol. The first-order chi connectivity index (χ1) is 13.3. The fourth-order valence-electron chi connectivity index (χ4n) is 3.10. The number of pyridine rings is 1. The quantitative estimate of drug-likeness (QED) is 0.783. The lowest BCUT2D eigenvalue weighted by Crippen LogP contribution is -2.49. The Morgan fingerprint density at radius 3 is 2.32 bits per heavy atom. The molecule has 1 aliphatic heterocycles. The number of rotatable bonds is 4. The molecule has 7 nitrogen and oxygen atoms in total. The summed E-state index contributed by atoms with van der Waals surface area (Å²) in [5.41, 5.74) is 0.982. The maximum Gasteiger partial charge on any atom is 0.253 e. The number of anilines is 1. The predicted octanol–water partition coefficient (Wildman–Crippen LogP) is 2.10. The molecule has 1 amide bonds. The molecule has 0 aliphatic carbocycles. The van der Waals surface area contributed by atoms with Gasteiger partial charge >= 0.3 is 0 Å². The van der Waals surface area contributed by atoms with E-state index in [9.17, 15) is 18.5 Å². The molecule has 2 heterocycles. The van der Waals surface area contributed by atoms with E-state index in [-0.39, 0.29) is 10.8 Å². The highest BCUT2D eigenvalue weighted by atomic mass is 32.2. The highest BCUT2D eigenvalue weighted by Crippen LogP contribution is 2.20. The Morgan fingerprint density at radius 2 is 1.75 bits per heavy atom. The maximum absolute atomic E-state index is 12.8. The van der Waals surface area contributed by atoms with Gasteiger partial charge in [0, 0.05) is 37.9 Å². The van der Waals surface area contributed by atoms with Gasteiger partial charge in [-0.15, -0.1) is 0 Å². The minimum atomic E-state index is -3.35. The average molecular weight is 398 g/mol. The van der Waals surface area contributed by atoms with Crippen molar-refractivity contribution in [2.75, 3.05) is 31.1 Å². The smallest absolute Gasteiger partial charge is 0.253 e. The van der Waals surface area contributed by atoms with Crippen LogP contribution in [0.5, 0.6) is 0 Å². The third-order valence-electron chi connectivity index (χ3n) is 4.82. The van der Waals surface area contributed by atoms with Crippen LogP contribution in [0.1, 0.15) is 29.8 Å². The van der Waals surface area contributed by atoms with E-state index in [1.54, 1.807) is 49.2 Å². The van der Waals surface area contributed by atoms with E-state index < -0.39 is 15.1 Å². The number of sulfone groups is 1. The molecule has 0 bridgehead atoms. The fourth-order valence-corrected chi connectivity index (χ4v) is 4.16. The first kappa shape index (κ1) is 19.8. The zero-order valence-electron chi connectivity index (χ0n) is 15.9. The van der Waals surface area contributed by atoms with Crippen molar-refractivity contribution >= 4 is 21.6 Å². The number of carbonyl (C=O) groups is 1. The van der Waals surface area contributed by atoms with Gasteiger partial charge in [-0.1, -0.05) is 0 Å². The number of nitrogens with zero attached hydrogens (tertiary/aromatic N) is 4. The zero-order chi connectivity index (χ0) is 20.3. The second kappa shape index (κ2) is 7.98. The Kier molecular flexibility index (Phi) is 5.66. The zero-order valence-corrected chi connectivity index (χ0v) is 16.7. The summed E-state index contributed by atoms with van der Waals surface area (Å²) in [7, 11) is -3.35. The molecule has 1 aromatic heterocycles. The van der Waals surface area contributed by atoms with Crippen molar-refractivity contribution in [2.45, 2.75) is 24.0 Å². The van der Waals surface area contributed by atoms with Gasteiger partial charge in [0.15, 0.2) is 9.84 Å². The highest BCUT2D eigenvalue weighted by Gasteiger charge is 2.25. The largest absolute Gasteiger partial charge is 0.352 e. The Hall–Kier alpha value is -2.92. The van der Waals surface area contributed by atoms with Gasteiger partial charge in [0.05, 0.1) is 15.7 Å². The molecule has 0 spiro atoms. The molecule has 146 valence electrons. The van der Waals surface area contributed by atoms with Crippen LogP contribution >= 0.6 is 0 Å². The van der Waals surface area contributed by atoms with Gasteiger partial charge in [-0.3, -0.25) is 4.79 Å². The summed E-state index contributed by atoms with van der Waals surface area (Å²) in [5.74, 6) is 0.509. The summed E-state index contributed by atoms with van der Waals surface area (Å²) in [4.78, 5) is 21.0. The Bertz CT molecular complexity index is 1000. The molecule has 3 rings (SSSR count). The van der Waals surface area contributed by atoms with Crippen LogP contribution in [0.4, 0.5) is 5.82 Å². The number of hydrogen-bond donors (Lipinski definition) is 0. The maximum atomic E-state index is 12.8. The molecule has 1 fully saturated rings. The lowest BCUT2D eigenvalue weighted by molar-refractivity contribution is 0.0746. The average Bonchev–Trinajstić information content (AvgIpc) is 2.73. The summed E-state index contributed by atoms with van der Waals surface area (Å²) in [6.45, 7) is 5.44. The van der Waals surface area contributed by atoms with Gasteiger partial charge in [0.1, 0.15) is 11.9 Å². The van der Waals surface area contributed by atoms with E-state index in [0.717, 1.165) is 0 Å². The molecule has 0 unspecified atom stereocenters. The third-order valence-corrected chi connectivity index (χ3v) is 6.99. The van der Waals surface area contributed by atoms with E-state index in [0.29, 0.717) is 43.1 Å². The van der Waals surface area contributed by atoms with Crippen LogP contribution in [0, 0.1) is 11.3 Å². The molecule has 28 heavy (non-hydrogen) atoms.